The van der Waals surface area contributed by atoms with Gasteiger partial charge in [0.05, 0.1) is 5.69 Å². The zero-order valence-corrected chi connectivity index (χ0v) is 15.2. The molecule has 0 unspecified atom stereocenters. The van der Waals surface area contributed by atoms with E-state index in [1.807, 2.05) is 29.6 Å². The normalized spacial score (nSPS) is 10.8. The van der Waals surface area contributed by atoms with Crippen molar-refractivity contribution >= 4 is 34.1 Å². The molecule has 1 amide bonds. The van der Waals surface area contributed by atoms with Crippen molar-refractivity contribution in [2.24, 2.45) is 0 Å². The van der Waals surface area contributed by atoms with E-state index in [0.29, 0.717) is 16.0 Å². The molecule has 2 aromatic heterocycles. The minimum Gasteiger partial charge on any atom is -0.292 e. The fraction of sp³-hybridized carbons (Fsp3) is 0.250. The maximum atomic E-state index is 11.4. The van der Waals surface area contributed by atoms with Gasteiger partial charge in [-0.3, -0.25) is 14.8 Å². The maximum absolute atomic E-state index is 11.4. The fourth-order valence-corrected chi connectivity index (χ4v) is 3.57. The van der Waals surface area contributed by atoms with E-state index >= 15 is 0 Å². The van der Waals surface area contributed by atoms with Crippen LogP contribution in [0.25, 0.3) is 11.4 Å². The molecule has 0 radical (unpaired) electrons. The Hall–Kier alpha value is -2.19. The monoisotopic (exact) mass is 359 g/mol. The molecule has 3 rings (SSSR count). The lowest BCUT2D eigenvalue weighted by atomic mass is 10.1. The summed E-state index contributed by atoms with van der Waals surface area (Å²) in [5.41, 5.74) is 3.14. The Labute approximate surface area is 148 Å². The van der Waals surface area contributed by atoms with E-state index in [0.717, 1.165) is 17.1 Å². The minimum atomic E-state index is -0.0275. The zero-order valence-electron chi connectivity index (χ0n) is 13.6. The molecule has 124 valence electrons. The number of thiazole rings is 1. The molecule has 3 aromatic rings. The largest absolute Gasteiger partial charge is 0.292 e. The average Bonchev–Trinajstić information content (AvgIpc) is 3.22. The summed E-state index contributed by atoms with van der Waals surface area (Å²) in [7, 11) is 1.72. The summed E-state index contributed by atoms with van der Waals surface area (Å²) >= 11 is 2.97. The first-order chi connectivity index (χ1) is 11.5. The second kappa shape index (κ2) is 7.14. The quantitative estimate of drug-likeness (QED) is 0.706. The molecule has 0 saturated carbocycles. The molecule has 0 aliphatic heterocycles. The van der Waals surface area contributed by atoms with Gasteiger partial charge in [0.25, 0.3) is 0 Å². The summed E-state index contributed by atoms with van der Waals surface area (Å²) in [4.78, 5) is 21.9. The number of thioether (sulfide) groups is 1. The molecule has 0 bridgehead atoms. The number of aromatic amines is 1. The van der Waals surface area contributed by atoms with Crippen LogP contribution < -0.4 is 4.90 Å². The van der Waals surface area contributed by atoms with Crippen molar-refractivity contribution in [2.75, 3.05) is 11.9 Å². The summed E-state index contributed by atoms with van der Waals surface area (Å²) in [5.74, 6) is 1.39. The van der Waals surface area contributed by atoms with Crippen molar-refractivity contribution in [3.8, 4) is 11.4 Å². The number of amides is 1. The smallest absolute Gasteiger partial charge is 0.225 e. The van der Waals surface area contributed by atoms with E-state index in [9.17, 15) is 4.79 Å². The summed E-state index contributed by atoms with van der Waals surface area (Å²) < 4.78 is 0. The van der Waals surface area contributed by atoms with Gasteiger partial charge in [0, 0.05) is 30.7 Å². The zero-order chi connectivity index (χ0) is 17.1. The van der Waals surface area contributed by atoms with E-state index in [1.54, 1.807) is 11.9 Å². The predicted molar refractivity (Wildman–Crippen MR) is 97.3 cm³/mol. The van der Waals surface area contributed by atoms with Gasteiger partial charge >= 0.3 is 0 Å². The second-order valence-corrected chi connectivity index (χ2v) is 7.10. The summed E-state index contributed by atoms with van der Waals surface area (Å²) in [6.07, 6.45) is 0. The lowest BCUT2D eigenvalue weighted by Gasteiger charge is -2.09. The van der Waals surface area contributed by atoms with Crippen molar-refractivity contribution in [1.29, 1.82) is 0 Å². The number of nitrogens with one attached hydrogen (secondary N) is 1. The first-order valence-electron chi connectivity index (χ1n) is 7.34. The highest BCUT2D eigenvalue weighted by Gasteiger charge is 2.12. The van der Waals surface area contributed by atoms with Crippen LogP contribution in [0.2, 0.25) is 0 Å². The number of rotatable bonds is 5. The third kappa shape index (κ3) is 3.82. The second-order valence-electron chi connectivity index (χ2n) is 5.32. The van der Waals surface area contributed by atoms with E-state index in [-0.39, 0.29) is 5.91 Å². The highest BCUT2D eigenvalue weighted by Crippen LogP contribution is 2.26. The van der Waals surface area contributed by atoms with Gasteiger partial charge in [-0.05, 0) is 6.92 Å². The van der Waals surface area contributed by atoms with Crippen LogP contribution in [-0.4, -0.2) is 33.1 Å². The van der Waals surface area contributed by atoms with Gasteiger partial charge in [0.1, 0.15) is 0 Å². The number of carbonyl (C=O) groups excluding carboxylic acids is 1. The number of aryl methyl sites for hydroxylation is 1. The van der Waals surface area contributed by atoms with E-state index < -0.39 is 0 Å². The third-order valence-electron chi connectivity index (χ3n) is 3.44. The Balaban J connectivity index is 1.63. The van der Waals surface area contributed by atoms with Crippen LogP contribution in [0.3, 0.4) is 0 Å². The summed E-state index contributed by atoms with van der Waals surface area (Å²) in [6.45, 7) is 3.58. The number of carbonyl (C=O) groups is 1. The molecule has 0 atom stereocenters. The number of hydrogen-bond donors (Lipinski definition) is 1. The molecule has 8 heteroatoms. The highest BCUT2D eigenvalue weighted by molar-refractivity contribution is 7.98. The van der Waals surface area contributed by atoms with Gasteiger partial charge in [-0.1, -0.05) is 41.6 Å². The molecule has 0 aliphatic rings. The molecule has 1 aromatic carbocycles. The third-order valence-corrected chi connectivity index (χ3v) is 5.28. The van der Waals surface area contributed by atoms with Crippen LogP contribution in [0.1, 0.15) is 18.2 Å². The topological polar surface area (TPSA) is 74.8 Å². The van der Waals surface area contributed by atoms with Gasteiger partial charge in [-0.15, -0.1) is 16.4 Å². The van der Waals surface area contributed by atoms with Crippen LogP contribution >= 0.6 is 23.1 Å². The number of benzene rings is 1. The number of H-pyrrole nitrogens is 1. The lowest BCUT2D eigenvalue weighted by molar-refractivity contribution is -0.116. The molecular weight excluding hydrogens is 342 g/mol. The van der Waals surface area contributed by atoms with Gasteiger partial charge in [-0.25, -0.2) is 9.97 Å². The Bertz CT molecular complexity index is 840. The van der Waals surface area contributed by atoms with Crippen molar-refractivity contribution in [3.05, 3.63) is 40.9 Å². The van der Waals surface area contributed by atoms with Crippen molar-refractivity contribution in [3.63, 3.8) is 0 Å². The van der Waals surface area contributed by atoms with Crippen molar-refractivity contribution < 1.29 is 4.79 Å². The number of nitrogens with zero attached hydrogens (tertiary/aromatic N) is 4. The van der Waals surface area contributed by atoms with Crippen molar-refractivity contribution in [2.45, 2.75) is 24.8 Å². The van der Waals surface area contributed by atoms with Gasteiger partial charge < -0.3 is 0 Å². The van der Waals surface area contributed by atoms with Gasteiger partial charge in [-0.2, -0.15) is 0 Å². The van der Waals surface area contributed by atoms with Gasteiger partial charge in [0.2, 0.25) is 11.1 Å². The lowest BCUT2D eigenvalue weighted by Crippen LogP contribution is -2.22. The average molecular weight is 359 g/mol. The van der Waals surface area contributed by atoms with Crippen LogP contribution in [0.15, 0.2) is 34.8 Å². The molecular formula is C16H17N5OS2. The van der Waals surface area contributed by atoms with Crippen LogP contribution in [0, 0.1) is 6.92 Å². The maximum Gasteiger partial charge on any atom is 0.225 e. The molecule has 0 saturated heterocycles. The predicted octanol–water partition coefficient (Wildman–Crippen LogP) is 3.51. The Morgan fingerprint density at radius 2 is 2.04 bits per heavy atom. The molecule has 0 fully saturated rings. The molecule has 24 heavy (non-hydrogen) atoms. The fourth-order valence-electron chi connectivity index (χ4n) is 1.94. The molecule has 0 aliphatic carbocycles. The summed E-state index contributed by atoms with van der Waals surface area (Å²) in [5, 5.41) is 10.5. The molecule has 0 spiro atoms. The molecule has 2 heterocycles. The van der Waals surface area contributed by atoms with Gasteiger partial charge in [0.15, 0.2) is 11.0 Å². The number of hydrogen-bond acceptors (Lipinski definition) is 6. The van der Waals surface area contributed by atoms with E-state index in [2.05, 4.69) is 27.1 Å². The number of aromatic nitrogens is 4. The SMILES string of the molecule is CC(=O)N(C)c1nc(CSc2n[nH]c(-c3ccc(C)cc3)n2)cs1. The standard InChI is InChI=1S/C16H17N5OS2/c1-10-4-6-12(7-5-10)14-18-15(20-19-14)23-8-13-9-24-16(17-13)21(3)11(2)22/h4-7,9H,8H2,1-3H3,(H,18,19,20). The van der Waals surface area contributed by atoms with E-state index in [1.165, 1.54) is 35.6 Å². The molecule has 1 N–H and O–H groups in total. The first-order valence-corrected chi connectivity index (χ1v) is 9.20. The van der Waals surface area contributed by atoms with Crippen LogP contribution in [0.5, 0.6) is 0 Å². The number of anilines is 1. The Kier molecular flexibility index (Phi) is 4.96. The first kappa shape index (κ1) is 16.7. The Morgan fingerprint density at radius 3 is 2.75 bits per heavy atom. The Morgan fingerprint density at radius 1 is 1.29 bits per heavy atom. The minimum absolute atomic E-state index is 0.0275. The van der Waals surface area contributed by atoms with Crippen LogP contribution in [-0.2, 0) is 10.5 Å². The molecule has 6 nitrogen and oxygen atoms in total. The van der Waals surface area contributed by atoms with Crippen molar-refractivity contribution in [1.82, 2.24) is 20.2 Å². The highest BCUT2D eigenvalue weighted by atomic mass is 32.2. The summed E-state index contributed by atoms with van der Waals surface area (Å²) in [6, 6.07) is 8.14. The van der Waals surface area contributed by atoms with Crippen LogP contribution in [0.4, 0.5) is 5.13 Å². The van der Waals surface area contributed by atoms with E-state index in [4.69, 9.17) is 0 Å².